The van der Waals surface area contributed by atoms with Crippen molar-refractivity contribution in [1.29, 1.82) is 5.41 Å². The van der Waals surface area contributed by atoms with Gasteiger partial charge in [0.25, 0.3) is 0 Å². The van der Waals surface area contributed by atoms with Crippen molar-refractivity contribution in [2.24, 2.45) is 10.7 Å². The van der Waals surface area contributed by atoms with Crippen LogP contribution >= 0.6 is 7.82 Å². The molecule has 0 spiro atoms. The lowest BCUT2D eigenvalue weighted by molar-refractivity contribution is 0.275. The van der Waals surface area contributed by atoms with Gasteiger partial charge in [-0.05, 0) is 13.0 Å². The number of phosphoric acid groups is 1. The average molecular weight is 197 g/mol. The summed E-state index contributed by atoms with van der Waals surface area (Å²) in [6.45, 7) is 1.28. The van der Waals surface area contributed by atoms with Crippen molar-refractivity contribution < 1.29 is 19.2 Å². The Balaban J connectivity index is 0. The molecule has 0 atom stereocenters. The lowest BCUT2D eigenvalue weighted by Gasteiger charge is -1.82. The highest BCUT2D eigenvalue weighted by Crippen LogP contribution is 2.25. The van der Waals surface area contributed by atoms with Gasteiger partial charge in [-0.1, -0.05) is 0 Å². The number of rotatable bonds is 3. The monoisotopic (exact) mass is 197 g/mol. The molecule has 72 valence electrons. The van der Waals surface area contributed by atoms with Crippen molar-refractivity contribution in [3.8, 4) is 0 Å². The van der Waals surface area contributed by atoms with Crippen LogP contribution in [0, 0.1) is 5.41 Å². The predicted molar refractivity (Wildman–Crippen MR) is 43.0 cm³/mol. The molecular formula is C4H12N3O4P. The summed E-state index contributed by atoms with van der Waals surface area (Å²) >= 11 is 0. The minimum atomic E-state index is -4.64. The van der Waals surface area contributed by atoms with Crippen molar-refractivity contribution in [2.45, 2.75) is 6.42 Å². The summed E-state index contributed by atoms with van der Waals surface area (Å²) in [6, 6.07) is 1.92. The van der Waals surface area contributed by atoms with Crippen LogP contribution in [0.25, 0.3) is 0 Å². The van der Waals surface area contributed by atoms with Crippen LogP contribution in [-0.4, -0.2) is 33.8 Å². The molecule has 0 aliphatic carbocycles. The first-order valence-corrected chi connectivity index (χ1v) is 4.55. The van der Waals surface area contributed by atoms with Crippen LogP contribution in [0.2, 0.25) is 0 Å². The van der Waals surface area contributed by atoms with Crippen LogP contribution in [0.15, 0.2) is 4.99 Å². The van der Waals surface area contributed by atoms with Crippen LogP contribution in [0.3, 0.4) is 0 Å². The average Bonchev–Trinajstić information content (AvgIpc) is 1.85. The molecule has 0 bridgehead atoms. The standard InChI is InChI=1S/C4H9N3.H3O4P/c5-2-1-3-7-4-6;1-5(2,3)4/h6H,1-3,5H2;(H3,1,2,3,4). The van der Waals surface area contributed by atoms with Gasteiger partial charge in [-0.2, -0.15) is 0 Å². The number of hydrogen-bond donors (Lipinski definition) is 5. The third-order valence-electron chi connectivity index (χ3n) is 0.553. The van der Waals surface area contributed by atoms with Gasteiger partial charge < -0.3 is 20.4 Å². The smallest absolute Gasteiger partial charge is 0.330 e. The first-order chi connectivity index (χ1) is 5.41. The number of nitrogens with zero attached hydrogens (tertiary/aromatic N) is 1. The van der Waals surface area contributed by atoms with Gasteiger partial charge in [0.1, 0.15) is 0 Å². The van der Waals surface area contributed by atoms with E-state index in [0.29, 0.717) is 13.1 Å². The van der Waals surface area contributed by atoms with Gasteiger partial charge >= 0.3 is 7.82 Å². The number of nitrogens with two attached hydrogens (primary N) is 1. The molecule has 0 saturated carbocycles. The summed E-state index contributed by atoms with van der Waals surface area (Å²) in [7, 11) is -4.64. The van der Waals surface area contributed by atoms with Crippen molar-refractivity contribution in [2.75, 3.05) is 13.1 Å². The van der Waals surface area contributed by atoms with E-state index in [2.05, 4.69) is 4.99 Å². The minimum Gasteiger partial charge on any atom is -0.330 e. The highest BCUT2D eigenvalue weighted by Gasteiger charge is 2.00. The van der Waals surface area contributed by atoms with Crippen LogP contribution in [-0.2, 0) is 4.57 Å². The fourth-order valence-corrected chi connectivity index (χ4v) is 0.226. The minimum absolute atomic E-state index is 0.639. The lowest BCUT2D eigenvalue weighted by Crippen LogP contribution is -1.99. The molecule has 0 rings (SSSR count). The largest absolute Gasteiger partial charge is 0.466 e. The Morgan fingerprint density at radius 2 is 1.92 bits per heavy atom. The van der Waals surface area contributed by atoms with Gasteiger partial charge in [0.05, 0.1) is 12.6 Å². The molecule has 8 heteroatoms. The SMILES string of the molecule is N=C=NCCCN.O=P(O)(O)O. The molecule has 0 fully saturated rings. The van der Waals surface area contributed by atoms with Gasteiger partial charge in [0.2, 0.25) is 0 Å². The summed E-state index contributed by atoms with van der Waals surface area (Å²) < 4.78 is 8.88. The quantitative estimate of drug-likeness (QED) is 0.228. The summed E-state index contributed by atoms with van der Waals surface area (Å²) in [6.07, 6.45) is 0.853. The van der Waals surface area contributed by atoms with E-state index in [4.69, 9.17) is 30.4 Å². The fourth-order valence-electron chi connectivity index (χ4n) is 0.226. The van der Waals surface area contributed by atoms with E-state index in [0.717, 1.165) is 6.42 Å². The van der Waals surface area contributed by atoms with Crippen molar-refractivity contribution in [3.63, 3.8) is 0 Å². The van der Waals surface area contributed by atoms with Crippen LogP contribution in [0.5, 0.6) is 0 Å². The summed E-state index contributed by atoms with van der Waals surface area (Å²) in [4.78, 5) is 25.1. The summed E-state index contributed by atoms with van der Waals surface area (Å²) in [5, 5.41) is 6.32. The Morgan fingerprint density at radius 3 is 2.17 bits per heavy atom. The maximum Gasteiger partial charge on any atom is 0.466 e. The molecule has 0 aromatic carbocycles. The third-order valence-corrected chi connectivity index (χ3v) is 0.553. The molecule has 0 aliphatic heterocycles. The van der Waals surface area contributed by atoms with E-state index in [1.54, 1.807) is 0 Å². The van der Waals surface area contributed by atoms with E-state index in [9.17, 15) is 0 Å². The maximum absolute atomic E-state index is 8.88. The number of aliphatic imine (C=N–C) groups is 1. The second-order valence-corrected chi connectivity index (χ2v) is 2.68. The Labute approximate surface area is 69.7 Å². The molecular weight excluding hydrogens is 185 g/mol. The zero-order chi connectivity index (χ0) is 10.0. The summed E-state index contributed by atoms with van der Waals surface area (Å²) in [5.74, 6) is 0. The van der Waals surface area contributed by atoms with Gasteiger partial charge in [-0.15, -0.1) is 0 Å². The Kier molecular flexibility index (Phi) is 9.97. The van der Waals surface area contributed by atoms with E-state index in [-0.39, 0.29) is 0 Å². The van der Waals surface area contributed by atoms with Crippen LogP contribution in [0.4, 0.5) is 0 Å². The molecule has 0 heterocycles. The van der Waals surface area contributed by atoms with Crippen LogP contribution in [0.1, 0.15) is 6.42 Å². The van der Waals surface area contributed by atoms with E-state index in [1.165, 1.54) is 0 Å². The van der Waals surface area contributed by atoms with E-state index in [1.807, 2.05) is 6.01 Å². The summed E-state index contributed by atoms with van der Waals surface area (Å²) in [5.41, 5.74) is 5.12. The van der Waals surface area contributed by atoms with Crippen LogP contribution < -0.4 is 5.73 Å². The Hall–Kier alpha value is -0.550. The highest BCUT2D eigenvalue weighted by atomic mass is 31.2. The molecule has 0 aromatic rings. The highest BCUT2D eigenvalue weighted by molar-refractivity contribution is 7.45. The predicted octanol–water partition coefficient (Wildman–Crippen LogP) is -0.841. The Bertz CT molecular complexity index is 176. The molecule has 0 aromatic heterocycles. The van der Waals surface area contributed by atoms with Gasteiger partial charge in [0, 0.05) is 0 Å². The molecule has 12 heavy (non-hydrogen) atoms. The van der Waals surface area contributed by atoms with Gasteiger partial charge in [-0.25, -0.2) is 15.0 Å². The second kappa shape index (κ2) is 8.55. The molecule has 7 nitrogen and oxygen atoms in total. The van der Waals surface area contributed by atoms with Crippen molar-refractivity contribution in [1.82, 2.24) is 0 Å². The first kappa shape index (κ1) is 14.0. The molecule has 0 amide bonds. The molecule has 0 radical (unpaired) electrons. The van der Waals surface area contributed by atoms with E-state index < -0.39 is 7.82 Å². The Morgan fingerprint density at radius 1 is 1.50 bits per heavy atom. The molecule has 0 aliphatic rings. The first-order valence-electron chi connectivity index (χ1n) is 2.98. The normalized spacial score (nSPS) is 9.33. The molecule has 0 saturated heterocycles. The maximum atomic E-state index is 8.88. The number of nitrogens with one attached hydrogen (secondary N) is 1. The third kappa shape index (κ3) is 56.7. The zero-order valence-corrected chi connectivity index (χ0v) is 7.24. The second-order valence-electron chi connectivity index (χ2n) is 1.65. The van der Waals surface area contributed by atoms with E-state index >= 15 is 0 Å². The molecule has 6 N–H and O–H groups in total. The number of hydrogen-bond acceptors (Lipinski definition) is 4. The zero-order valence-electron chi connectivity index (χ0n) is 6.34. The van der Waals surface area contributed by atoms with Crippen molar-refractivity contribution >= 4 is 13.8 Å². The molecule has 0 unspecified atom stereocenters. The van der Waals surface area contributed by atoms with Gasteiger partial charge in [0.15, 0.2) is 0 Å². The van der Waals surface area contributed by atoms with Crippen molar-refractivity contribution in [3.05, 3.63) is 0 Å². The topological polar surface area (TPSA) is 140 Å². The fraction of sp³-hybridized carbons (Fsp3) is 0.750. The lowest BCUT2D eigenvalue weighted by atomic mass is 10.4. The van der Waals surface area contributed by atoms with Gasteiger partial charge in [-0.3, -0.25) is 0 Å².